The van der Waals surface area contributed by atoms with Crippen LogP contribution in [-0.2, 0) is 13.0 Å². The number of rotatable bonds is 3. The highest BCUT2D eigenvalue weighted by Crippen LogP contribution is 2.32. The molecule has 116 valence electrons. The first-order valence-corrected chi connectivity index (χ1v) is 8.73. The third-order valence-corrected chi connectivity index (χ3v) is 5.41. The Morgan fingerprint density at radius 3 is 2.61 bits per heavy atom. The average molecular weight is 321 g/mol. The molecule has 2 aromatic heterocycles. The van der Waals surface area contributed by atoms with Crippen LogP contribution in [0.4, 0.5) is 0 Å². The molecule has 0 aliphatic rings. The quantitative estimate of drug-likeness (QED) is 0.602. The van der Waals surface area contributed by atoms with Crippen molar-refractivity contribution in [3.63, 3.8) is 0 Å². The summed E-state index contributed by atoms with van der Waals surface area (Å²) in [5.41, 5.74) is 10.7. The Kier molecular flexibility index (Phi) is 3.43. The largest absolute Gasteiger partial charge is 0.325 e. The van der Waals surface area contributed by atoms with Gasteiger partial charge in [0.25, 0.3) is 0 Å². The van der Waals surface area contributed by atoms with Crippen LogP contribution in [0.2, 0.25) is 0 Å². The number of nitrogens with two attached hydrogens (primary N) is 1. The number of fused-ring (bicyclic) bond motifs is 2. The van der Waals surface area contributed by atoms with E-state index in [0.29, 0.717) is 6.54 Å². The van der Waals surface area contributed by atoms with Gasteiger partial charge in [-0.25, -0.2) is 4.98 Å². The second-order valence-electron chi connectivity index (χ2n) is 5.75. The molecule has 4 aromatic rings. The molecule has 2 heterocycles. The third kappa shape index (κ3) is 2.18. The molecule has 0 amide bonds. The van der Waals surface area contributed by atoms with E-state index in [2.05, 4.69) is 60.7 Å². The molecule has 0 radical (unpaired) electrons. The minimum absolute atomic E-state index is 0.493. The van der Waals surface area contributed by atoms with Crippen molar-refractivity contribution in [1.29, 1.82) is 0 Å². The Morgan fingerprint density at radius 1 is 1.09 bits per heavy atom. The predicted molar refractivity (Wildman–Crippen MR) is 98.0 cm³/mol. The molecule has 0 fully saturated rings. The van der Waals surface area contributed by atoms with Gasteiger partial charge in [0, 0.05) is 22.7 Å². The number of aryl methyl sites for hydroxylation is 2. The number of benzene rings is 2. The van der Waals surface area contributed by atoms with E-state index in [9.17, 15) is 0 Å². The summed E-state index contributed by atoms with van der Waals surface area (Å²) < 4.78 is 2.25. The number of hydrogen-bond donors (Lipinski definition) is 1. The average Bonchev–Trinajstić information content (AvgIpc) is 3.08. The third-order valence-electron chi connectivity index (χ3n) is 4.41. The summed E-state index contributed by atoms with van der Waals surface area (Å²) in [5, 5.41) is 2.48. The van der Waals surface area contributed by atoms with Gasteiger partial charge in [-0.1, -0.05) is 43.3 Å². The molecular weight excluding hydrogens is 302 g/mol. The van der Waals surface area contributed by atoms with E-state index in [1.165, 1.54) is 21.3 Å². The van der Waals surface area contributed by atoms with Gasteiger partial charge in [-0.3, -0.25) is 4.40 Å². The van der Waals surface area contributed by atoms with Crippen LogP contribution in [0.25, 0.3) is 27.0 Å². The van der Waals surface area contributed by atoms with Crippen molar-refractivity contribution in [1.82, 2.24) is 9.38 Å². The molecular formula is C19H19N3S. The Morgan fingerprint density at radius 2 is 1.87 bits per heavy atom. The van der Waals surface area contributed by atoms with E-state index in [1.54, 1.807) is 11.3 Å². The van der Waals surface area contributed by atoms with Gasteiger partial charge in [-0.05, 0) is 30.2 Å². The lowest BCUT2D eigenvalue weighted by atomic mass is 10.0. The van der Waals surface area contributed by atoms with Crippen molar-refractivity contribution in [3.05, 3.63) is 58.7 Å². The summed E-state index contributed by atoms with van der Waals surface area (Å²) in [4.78, 5) is 7.26. The second kappa shape index (κ2) is 5.48. The molecule has 0 bridgehead atoms. The van der Waals surface area contributed by atoms with E-state index in [-0.39, 0.29) is 0 Å². The predicted octanol–water partition coefficient (Wildman–Crippen LogP) is 4.55. The number of imidazole rings is 1. The highest BCUT2D eigenvalue weighted by atomic mass is 32.1. The zero-order valence-corrected chi connectivity index (χ0v) is 14.2. The smallest absolute Gasteiger partial charge is 0.194 e. The van der Waals surface area contributed by atoms with E-state index >= 15 is 0 Å². The van der Waals surface area contributed by atoms with E-state index in [1.807, 2.05) is 0 Å². The van der Waals surface area contributed by atoms with Crippen molar-refractivity contribution in [2.24, 2.45) is 5.73 Å². The van der Waals surface area contributed by atoms with Crippen LogP contribution in [-0.4, -0.2) is 9.38 Å². The van der Waals surface area contributed by atoms with Gasteiger partial charge >= 0.3 is 0 Å². The standard InChI is InChI=1S/C19H19N3S/c1-3-16-12(2)23-19-21-18(17(11-20)22(16)19)15-9-8-13-6-4-5-7-14(13)10-15/h4-10H,3,11,20H2,1-2H3. The topological polar surface area (TPSA) is 43.3 Å². The van der Waals surface area contributed by atoms with Gasteiger partial charge in [0.1, 0.15) is 0 Å². The molecule has 23 heavy (non-hydrogen) atoms. The molecule has 0 atom stereocenters. The highest BCUT2D eigenvalue weighted by Gasteiger charge is 2.18. The summed E-state index contributed by atoms with van der Waals surface area (Å²) in [7, 11) is 0. The SMILES string of the molecule is CCc1c(C)sc2nc(-c3ccc4ccccc4c3)c(CN)n12. The Labute approximate surface area is 139 Å². The van der Waals surface area contributed by atoms with Crippen molar-refractivity contribution >= 4 is 27.1 Å². The fourth-order valence-corrected chi connectivity index (χ4v) is 4.37. The van der Waals surface area contributed by atoms with Gasteiger partial charge in [0.15, 0.2) is 4.96 Å². The highest BCUT2D eigenvalue weighted by molar-refractivity contribution is 7.17. The maximum absolute atomic E-state index is 6.09. The first-order valence-electron chi connectivity index (χ1n) is 7.91. The van der Waals surface area contributed by atoms with Crippen LogP contribution in [0.1, 0.15) is 23.2 Å². The van der Waals surface area contributed by atoms with Crippen molar-refractivity contribution in [2.45, 2.75) is 26.8 Å². The lowest BCUT2D eigenvalue weighted by molar-refractivity contribution is 0.902. The molecule has 0 unspecified atom stereocenters. The Hall–Kier alpha value is -2.17. The Balaban J connectivity index is 1.98. The van der Waals surface area contributed by atoms with Crippen LogP contribution in [0.5, 0.6) is 0 Å². The van der Waals surface area contributed by atoms with Crippen LogP contribution >= 0.6 is 11.3 Å². The minimum Gasteiger partial charge on any atom is -0.325 e. The van der Waals surface area contributed by atoms with E-state index in [0.717, 1.165) is 28.3 Å². The lowest BCUT2D eigenvalue weighted by Gasteiger charge is -2.06. The van der Waals surface area contributed by atoms with Gasteiger partial charge in [-0.15, -0.1) is 11.3 Å². The molecule has 0 aliphatic carbocycles. The molecule has 0 saturated heterocycles. The summed E-state index contributed by atoms with van der Waals surface area (Å²) in [6, 6.07) is 14.9. The normalized spacial score (nSPS) is 11.6. The summed E-state index contributed by atoms with van der Waals surface area (Å²) in [6.07, 6.45) is 0.992. The first kappa shape index (κ1) is 14.4. The van der Waals surface area contributed by atoms with Crippen molar-refractivity contribution in [3.8, 4) is 11.3 Å². The zero-order chi connectivity index (χ0) is 16.0. The number of aromatic nitrogens is 2. The van der Waals surface area contributed by atoms with E-state index < -0.39 is 0 Å². The molecule has 3 nitrogen and oxygen atoms in total. The Bertz CT molecular complexity index is 1010. The molecule has 2 N–H and O–H groups in total. The maximum atomic E-state index is 6.09. The van der Waals surface area contributed by atoms with Crippen LogP contribution < -0.4 is 5.73 Å². The van der Waals surface area contributed by atoms with Crippen molar-refractivity contribution < 1.29 is 0 Å². The number of nitrogens with zero attached hydrogens (tertiary/aromatic N) is 2. The fraction of sp³-hybridized carbons (Fsp3) is 0.211. The summed E-state index contributed by atoms with van der Waals surface area (Å²) in [6.45, 7) is 4.84. The van der Waals surface area contributed by atoms with Gasteiger partial charge in [0.2, 0.25) is 0 Å². The fourth-order valence-electron chi connectivity index (χ4n) is 3.29. The number of thiazole rings is 1. The molecule has 4 rings (SSSR count). The molecule has 4 heteroatoms. The molecule has 0 saturated carbocycles. The molecule has 0 aliphatic heterocycles. The zero-order valence-electron chi connectivity index (χ0n) is 13.3. The molecule has 0 spiro atoms. The van der Waals surface area contributed by atoms with Crippen LogP contribution in [0.3, 0.4) is 0 Å². The van der Waals surface area contributed by atoms with E-state index in [4.69, 9.17) is 10.7 Å². The first-order chi connectivity index (χ1) is 11.2. The minimum atomic E-state index is 0.493. The van der Waals surface area contributed by atoms with Gasteiger partial charge in [-0.2, -0.15) is 0 Å². The second-order valence-corrected chi connectivity index (χ2v) is 6.93. The van der Waals surface area contributed by atoms with Crippen molar-refractivity contribution in [2.75, 3.05) is 0 Å². The monoisotopic (exact) mass is 321 g/mol. The molecule has 2 aromatic carbocycles. The lowest BCUT2D eigenvalue weighted by Crippen LogP contribution is -2.04. The summed E-state index contributed by atoms with van der Waals surface area (Å²) in [5.74, 6) is 0. The van der Waals surface area contributed by atoms with Crippen LogP contribution in [0, 0.1) is 6.92 Å². The van der Waals surface area contributed by atoms with Gasteiger partial charge in [0.05, 0.1) is 11.4 Å². The van der Waals surface area contributed by atoms with Crippen LogP contribution in [0.15, 0.2) is 42.5 Å². The van der Waals surface area contributed by atoms with Gasteiger partial charge < -0.3 is 5.73 Å². The number of hydrogen-bond acceptors (Lipinski definition) is 3. The maximum Gasteiger partial charge on any atom is 0.194 e. The summed E-state index contributed by atoms with van der Waals surface area (Å²) >= 11 is 1.75.